The molecule has 0 unspecified atom stereocenters. The van der Waals surface area contributed by atoms with Crippen molar-refractivity contribution in [3.63, 3.8) is 0 Å². The van der Waals surface area contributed by atoms with Gasteiger partial charge in [0, 0.05) is 12.4 Å². The average Bonchev–Trinajstić information content (AvgIpc) is 3.25. The van der Waals surface area contributed by atoms with Crippen LogP contribution >= 0.6 is 0 Å². The summed E-state index contributed by atoms with van der Waals surface area (Å²) in [6, 6.07) is 41.8. The lowest BCUT2D eigenvalue weighted by atomic mass is 9.94. The monoisotopic (exact) mass is 431 g/mol. The average molecular weight is 432 g/mol. The van der Waals surface area contributed by atoms with Crippen LogP contribution < -0.4 is 0 Å². The van der Waals surface area contributed by atoms with Gasteiger partial charge in [-0.25, -0.2) is 0 Å². The number of aromatic nitrogens is 1. The van der Waals surface area contributed by atoms with E-state index in [1.807, 2.05) is 12.3 Å². The summed E-state index contributed by atoms with van der Waals surface area (Å²) in [4.78, 5) is 4.23. The zero-order valence-electron chi connectivity index (χ0n) is 18.6. The minimum absolute atomic E-state index is 1.14. The Morgan fingerprint density at radius 3 is 1.62 bits per heavy atom. The van der Waals surface area contributed by atoms with Gasteiger partial charge in [0.25, 0.3) is 0 Å². The lowest BCUT2D eigenvalue weighted by Crippen LogP contribution is -1.84. The highest BCUT2D eigenvalue weighted by molar-refractivity contribution is 6.16. The molecule has 7 rings (SSSR count). The Hall–Kier alpha value is -4.49. The number of hydrogen-bond acceptors (Lipinski definition) is 1. The van der Waals surface area contributed by atoms with Gasteiger partial charge in [-0.2, -0.15) is 0 Å². The topological polar surface area (TPSA) is 12.9 Å². The fraction of sp³-hybridized carbons (Fsp3) is 0. The van der Waals surface area contributed by atoms with Crippen LogP contribution in [0.5, 0.6) is 0 Å². The Bertz CT molecular complexity index is 1660. The summed E-state index contributed by atoms with van der Waals surface area (Å²) in [5.41, 5.74) is 12.6. The second-order valence-corrected chi connectivity index (χ2v) is 8.87. The van der Waals surface area contributed by atoms with E-state index in [-0.39, 0.29) is 0 Å². The van der Waals surface area contributed by atoms with Crippen molar-refractivity contribution in [3.8, 4) is 55.6 Å². The summed E-state index contributed by atoms with van der Waals surface area (Å²) in [5, 5.41) is 2.68. The molecule has 1 nitrogen and oxygen atoms in total. The largest absolute Gasteiger partial charge is 0.264 e. The van der Waals surface area contributed by atoms with Crippen molar-refractivity contribution in [2.75, 3.05) is 0 Å². The standard InChI is InChI=1S/C33H21N/c1-2-8-30-29(7-1)31-9-3-5-26-19-28(20-32(30)33(26)31)25-16-12-23(13-17-25)22-10-14-24(15-11-22)27-6-4-18-34-21-27/h1-21H. The molecule has 0 aliphatic heterocycles. The van der Waals surface area contributed by atoms with E-state index >= 15 is 0 Å². The predicted molar refractivity (Wildman–Crippen MR) is 142 cm³/mol. The van der Waals surface area contributed by atoms with Crippen LogP contribution in [-0.2, 0) is 0 Å². The molecular weight excluding hydrogens is 410 g/mol. The van der Waals surface area contributed by atoms with E-state index in [1.165, 1.54) is 60.8 Å². The molecule has 0 radical (unpaired) electrons. The van der Waals surface area contributed by atoms with Gasteiger partial charge in [0.1, 0.15) is 0 Å². The molecule has 0 N–H and O–H groups in total. The third-order valence-corrected chi connectivity index (χ3v) is 6.92. The maximum absolute atomic E-state index is 4.23. The zero-order valence-corrected chi connectivity index (χ0v) is 18.6. The Labute approximate surface area is 199 Å². The smallest absolute Gasteiger partial charge is 0.0346 e. The van der Waals surface area contributed by atoms with Crippen molar-refractivity contribution in [1.29, 1.82) is 0 Å². The second-order valence-electron chi connectivity index (χ2n) is 8.87. The Balaban J connectivity index is 1.25. The molecular formula is C33H21N. The van der Waals surface area contributed by atoms with Gasteiger partial charge in [-0.3, -0.25) is 4.98 Å². The van der Waals surface area contributed by atoms with Gasteiger partial charge in [0.2, 0.25) is 0 Å². The SMILES string of the molecule is c1cncc(-c2ccc(-c3ccc(-c4cc5c6c(cccc6c4)-c4ccccc4-5)cc3)cc2)c1. The molecule has 1 heteroatoms. The summed E-state index contributed by atoms with van der Waals surface area (Å²) in [7, 11) is 0. The van der Waals surface area contributed by atoms with E-state index in [0.29, 0.717) is 0 Å². The van der Waals surface area contributed by atoms with Crippen LogP contribution in [0.3, 0.4) is 0 Å². The first kappa shape index (κ1) is 19.0. The van der Waals surface area contributed by atoms with Crippen molar-refractivity contribution in [2.45, 2.75) is 0 Å². The summed E-state index contributed by atoms with van der Waals surface area (Å²) < 4.78 is 0. The highest BCUT2D eigenvalue weighted by Gasteiger charge is 2.21. The van der Waals surface area contributed by atoms with Gasteiger partial charge in [-0.05, 0) is 84.6 Å². The first-order chi connectivity index (χ1) is 16.8. The maximum atomic E-state index is 4.23. The fourth-order valence-corrected chi connectivity index (χ4v) is 5.23. The summed E-state index contributed by atoms with van der Waals surface area (Å²) >= 11 is 0. The molecule has 6 aromatic rings. The van der Waals surface area contributed by atoms with Gasteiger partial charge in [-0.15, -0.1) is 0 Å². The molecule has 0 fully saturated rings. The normalized spacial score (nSPS) is 11.5. The quantitative estimate of drug-likeness (QED) is 0.272. The third-order valence-electron chi connectivity index (χ3n) is 6.92. The molecule has 0 atom stereocenters. The van der Waals surface area contributed by atoms with Gasteiger partial charge < -0.3 is 0 Å². The molecule has 0 saturated carbocycles. The summed E-state index contributed by atoms with van der Waals surface area (Å²) in [6.07, 6.45) is 3.71. The molecule has 0 saturated heterocycles. The van der Waals surface area contributed by atoms with Gasteiger partial charge >= 0.3 is 0 Å². The molecule has 158 valence electrons. The number of fused-ring (bicyclic) bond motifs is 3. The minimum atomic E-state index is 1.14. The number of benzene rings is 5. The zero-order chi connectivity index (χ0) is 22.5. The third kappa shape index (κ3) is 2.98. The van der Waals surface area contributed by atoms with Crippen LogP contribution in [0.4, 0.5) is 0 Å². The van der Waals surface area contributed by atoms with Crippen molar-refractivity contribution >= 4 is 10.8 Å². The molecule has 0 spiro atoms. The van der Waals surface area contributed by atoms with E-state index in [1.54, 1.807) is 6.20 Å². The number of nitrogens with zero attached hydrogens (tertiary/aromatic N) is 1. The minimum Gasteiger partial charge on any atom is -0.264 e. The van der Waals surface area contributed by atoms with Crippen molar-refractivity contribution in [1.82, 2.24) is 4.98 Å². The van der Waals surface area contributed by atoms with Gasteiger partial charge in [-0.1, -0.05) is 97.1 Å². The molecule has 5 aromatic carbocycles. The van der Waals surface area contributed by atoms with Crippen molar-refractivity contribution < 1.29 is 0 Å². The predicted octanol–water partition coefficient (Wildman–Crippen LogP) is 8.88. The van der Waals surface area contributed by atoms with Crippen LogP contribution in [0.2, 0.25) is 0 Å². The Morgan fingerprint density at radius 2 is 0.971 bits per heavy atom. The molecule has 1 aliphatic rings. The highest BCUT2D eigenvalue weighted by Crippen LogP contribution is 2.48. The molecule has 34 heavy (non-hydrogen) atoms. The molecule has 1 aromatic heterocycles. The van der Waals surface area contributed by atoms with E-state index < -0.39 is 0 Å². The van der Waals surface area contributed by atoms with E-state index in [0.717, 1.165) is 5.56 Å². The number of rotatable bonds is 3. The van der Waals surface area contributed by atoms with E-state index in [2.05, 4.69) is 114 Å². The Morgan fingerprint density at radius 1 is 0.382 bits per heavy atom. The van der Waals surface area contributed by atoms with Crippen LogP contribution in [0, 0.1) is 0 Å². The molecule has 0 amide bonds. The number of hydrogen-bond donors (Lipinski definition) is 0. The van der Waals surface area contributed by atoms with Gasteiger partial charge in [0.15, 0.2) is 0 Å². The van der Waals surface area contributed by atoms with Crippen molar-refractivity contribution in [3.05, 3.63) is 128 Å². The van der Waals surface area contributed by atoms with E-state index in [9.17, 15) is 0 Å². The van der Waals surface area contributed by atoms with Crippen LogP contribution in [0.15, 0.2) is 128 Å². The first-order valence-electron chi connectivity index (χ1n) is 11.6. The van der Waals surface area contributed by atoms with Crippen LogP contribution in [0.1, 0.15) is 0 Å². The Kier molecular flexibility index (Phi) is 4.22. The van der Waals surface area contributed by atoms with Crippen molar-refractivity contribution in [2.24, 2.45) is 0 Å². The summed E-state index contributed by atoms with van der Waals surface area (Å²) in [6.45, 7) is 0. The second kappa shape index (κ2) is 7.54. The molecule has 1 aliphatic carbocycles. The molecule has 0 bridgehead atoms. The highest BCUT2D eigenvalue weighted by atomic mass is 14.6. The molecule has 1 heterocycles. The summed E-state index contributed by atoms with van der Waals surface area (Å²) in [5.74, 6) is 0. The number of pyridine rings is 1. The first-order valence-corrected chi connectivity index (χ1v) is 11.6. The lowest BCUT2D eigenvalue weighted by Gasteiger charge is -2.10. The van der Waals surface area contributed by atoms with E-state index in [4.69, 9.17) is 0 Å². The lowest BCUT2D eigenvalue weighted by molar-refractivity contribution is 1.33. The van der Waals surface area contributed by atoms with Crippen LogP contribution in [-0.4, -0.2) is 4.98 Å². The maximum Gasteiger partial charge on any atom is 0.0346 e. The van der Waals surface area contributed by atoms with Crippen LogP contribution in [0.25, 0.3) is 66.4 Å². The van der Waals surface area contributed by atoms with Gasteiger partial charge in [0.05, 0.1) is 0 Å². The fourth-order valence-electron chi connectivity index (χ4n) is 5.23.